The Hall–Kier alpha value is -1.77. The molecule has 0 fully saturated rings. The number of imidazole rings is 1. The molecule has 66 valence electrons. The van der Waals surface area contributed by atoms with Crippen LogP contribution in [0.15, 0.2) is 36.7 Å². The van der Waals surface area contributed by atoms with Crippen LogP contribution in [0.3, 0.4) is 0 Å². The van der Waals surface area contributed by atoms with Gasteiger partial charge in [0.15, 0.2) is 0 Å². The van der Waals surface area contributed by atoms with Crippen LogP contribution in [0, 0.1) is 6.92 Å². The summed E-state index contributed by atoms with van der Waals surface area (Å²) in [5, 5.41) is 0. The molecule has 0 aliphatic carbocycles. The monoisotopic (exact) mass is 173 g/mol. The van der Waals surface area contributed by atoms with Crippen molar-refractivity contribution in [3.63, 3.8) is 0 Å². The van der Waals surface area contributed by atoms with Gasteiger partial charge in [0.1, 0.15) is 0 Å². The number of nitrogens with zero attached hydrogens (tertiary/aromatic N) is 2. The molecule has 0 aliphatic rings. The minimum absolute atomic E-state index is 0.517. The van der Waals surface area contributed by atoms with E-state index in [1.165, 1.54) is 5.56 Å². The van der Waals surface area contributed by atoms with E-state index >= 15 is 0 Å². The number of hydrogen-bond donors (Lipinski definition) is 1. The number of benzene rings is 1. The van der Waals surface area contributed by atoms with Crippen LogP contribution in [0.4, 0.5) is 5.95 Å². The minimum atomic E-state index is 0.517. The number of aromatic nitrogens is 2. The Morgan fingerprint density at radius 2 is 1.92 bits per heavy atom. The zero-order chi connectivity index (χ0) is 9.26. The molecule has 0 atom stereocenters. The number of nitrogens with two attached hydrogens (primary N) is 1. The topological polar surface area (TPSA) is 43.8 Å². The van der Waals surface area contributed by atoms with Gasteiger partial charge in [-0.1, -0.05) is 17.7 Å². The van der Waals surface area contributed by atoms with Gasteiger partial charge in [-0.15, -0.1) is 0 Å². The molecule has 1 aromatic heterocycles. The molecule has 2 N–H and O–H groups in total. The fourth-order valence-corrected chi connectivity index (χ4v) is 1.24. The van der Waals surface area contributed by atoms with E-state index in [2.05, 4.69) is 24.0 Å². The third kappa shape index (κ3) is 1.40. The smallest absolute Gasteiger partial charge is 0.204 e. The Bertz CT molecular complexity index is 400. The SMILES string of the molecule is Cc1ccc(-n2ccnc2N)cc1. The lowest BCUT2D eigenvalue weighted by Crippen LogP contribution is -1.99. The van der Waals surface area contributed by atoms with E-state index in [-0.39, 0.29) is 0 Å². The van der Waals surface area contributed by atoms with E-state index in [4.69, 9.17) is 5.73 Å². The normalized spacial score (nSPS) is 10.2. The van der Waals surface area contributed by atoms with Crippen molar-refractivity contribution in [1.29, 1.82) is 0 Å². The van der Waals surface area contributed by atoms with E-state index in [9.17, 15) is 0 Å². The van der Waals surface area contributed by atoms with E-state index in [0.717, 1.165) is 5.69 Å². The summed E-state index contributed by atoms with van der Waals surface area (Å²) in [6, 6.07) is 8.14. The van der Waals surface area contributed by atoms with Crippen molar-refractivity contribution in [2.24, 2.45) is 0 Å². The molecule has 0 amide bonds. The molecule has 0 radical (unpaired) electrons. The van der Waals surface area contributed by atoms with Crippen LogP contribution in [0.1, 0.15) is 5.56 Å². The van der Waals surface area contributed by atoms with E-state index in [1.54, 1.807) is 6.20 Å². The summed E-state index contributed by atoms with van der Waals surface area (Å²) in [4.78, 5) is 3.96. The highest BCUT2D eigenvalue weighted by molar-refractivity contribution is 5.40. The molecule has 0 spiro atoms. The van der Waals surface area contributed by atoms with E-state index < -0.39 is 0 Å². The molecule has 0 saturated heterocycles. The molecule has 0 aliphatic heterocycles. The molecule has 0 saturated carbocycles. The fourth-order valence-electron chi connectivity index (χ4n) is 1.24. The Balaban J connectivity index is 2.47. The average molecular weight is 173 g/mol. The second-order valence-corrected chi connectivity index (χ2v) is 2.99. The van der Waals surface area contributed by atoms with Gasteiger partial charge < -0.3 is 5.73 Å². The quantitative estimate of drug-likeness (QED) is 0.714. The molecule has 0 unspecified atom stereocenters. The number of anilines is 1. The first-order chi connectivity index (χ1) is 6.27. The van der Waals surface area contributed by atoms with Crippen molar-refractivity contribution in [1.82, 2.24) is 9.55 Å². The molecule has 1 aromatic carbocycles. The van der Waals surface area contributed by atoms with Gasteiger partial charge in [-0.05, 0) is 19.1 Å². The number of aryl methyl sites for hydroxylation is 1. The van der Waals surface area contributed by atoms with Crippen LogP contribution in [0.5, 0.6) is 0 Å². The maximum absolute atomic E-state index is 5.66. The number of rotatable bonds is 1. The molecule has 3 heteroatoms. The summed E-state index contributed by atoms with van der Waals surface area (Å²) in [6.07, 6.45) is 3.54. The van der Waals surface area contributed by atoms with Gasteiger partial charge in [0.25, 0.3) is 0 Å². The van der Waals surface area contributed by atoms with Crippen LogP contribution < -0.4 is 5.73 Å². The second kappa shape index (κ2) is 2.94. The maximum atomic E-state index is 5.66. The highest BCUT2D eigenvalue weighted by Gasteiger charge is 1.98. The summed E-state index contributed by atoms with van der Waals surface area (Å²) in [5.41, 5.74) is 7.94. The number of nitrogen functional groups attached to an aromatic ring is 1. The van der Waals surface area contributed by atoms with Gasteiger partial charge in [-0.2, -0.15) is 0 Å². The molecule has 1 heterocycles. The lowest BCUT2D eigenvalue weighted by Gasteiger charge is -2.03. The highest BCUT2D eigenvalue weighted by Crippen LogP contribution is 2.12. The Morgan fingerprint density at radius 1 is 1.23 bits per heavy atom. The zero-order valence-corrected chi connectivity index (χ0v) is 7.44. The molecule has 13 heavy (non-hydrogen) atoms. The standard InChI is InChI=1S/C10H11N3/c1-8-2-4-9(5-3-8)13-7-6-12-10(13)11/h2-7H,1H3,(H2,11,12). The molecule has 3 nitrogen and oxygen atoms in total. The Kier molecular flexibility index (Phi) is 1.77. The minimum Gasteiger partial charge on any atom is -0.369 e. The van der Waals surface area contributed by atoms with Gasteiger partial charge in [0.2, 0.25) is 5.95 Å². The van der Waals surface area contributed by atoms with Crippen molar-refractivity contribution in [2.75, 3.05) is 5.73 Å². The molecule has 0 bridgehead atoms. The first kappa shape index (κ1) is 7.86. The number of hydrogen-bond acceptors (Lipinski definition) is 2. The lowest BCUT2D eigenvalue weighted by molar-refractivity contribution is 1.07. The van der Waals surface area contributed by atoms with Crippen LogP contribution in [-0.2, 0) is 0 Å². The van der Waals surface area contributed by atoms with Gasteiger partial charge in [-0.3, -0.25) is 4.57 Å². The van der Waals surface area contributed by atoms with Gasteiger partial charge >= 0.3 is 0 Å². The van der Waals surface area contributed by atoms with Crippen molar-refractivity contribution < 1.29 is 0 Å². The van der Waals surface area contributed by atoms with E-state index in [0.29, 0.717) is 5.95 Å². The molecular formula is C10H11N3. The van der Waals surface area contributed by atoms with Crippen molar-refractivity contribution in [2.45, 2.75) is 6.92 Å². The van der Waals surface area contributed by atoms with Gasteiger partial charge in [-0.25, -0.2) is 4.98 Å². The van der Waals surface area contributed by atoms with Crippen LogP contribution in [0.2, 0.25) is 0 Å². The third-order valence-corrected chi connectivity index (χ3v) is 1.98. The summed E-state index contributed by atoms with van der Waals surface area (Å²) < 4.78 is 1.85. The summed E-state index contributed by atoms with van der Waals surface area (Å²) in [5.74, 6) is 0.517. The first-order valence-corrected chi connectivity index (χ1v) is 4.13. The van der Waals surface area contributed by atoms with E-state index in [1.807, 2.05) is 22.9 Å². The zero-order valence-electron chi connectivity index (χ0n) is 7.44. The van der Waals surface area contributed by atoms with Crippen molar-refractivity contribution >= 4 is 5.95 Å². The van der Waals surface area contributed by atoms with Crippen molar-refractivity contribution in [3.05, 3.63) is 42.2 Å². The summed E-state index contributed by atoms with van der Waals surface area (Å²) in [6.45, 7) is 2.06. The fraction of sp³-hybridized carbons (Fsp3) is 0.100. The maximum Gasteiger partial charge on any atom is 0.204 e. The van der Waals surface area contributed by atoms with Gasteiger partial charge in [0.05, 0.1) is 0 Å². The lowest BCUT2D eigenvalue weighted by atomic mass is 10.2. The van der Waals surface area contributed by atoms with Crippen LogP contribution >= 0.6 is 0 Å². The summed E-state index contributed by atoms with van der Waals surface area (Å²) in [7, 11) is 0. The molecular weight excluding hydrogens is 162 g/mol. The average Bonchev–Trinajstić information content (AvgIpc) is 2.53. The second-order valence-electron chi connectivity index (χ2n) is 2.99. The van der Waals surface area contributed by atoms with Gasteiger partial charge in [0, 0.05) is 18.1 Å². The largest absolute Gasteiger partial charge is 0.369 e. The van der Waals surface area contributed by atoms with Crippen LogP contribution in [0.25, 0.3) is 5.69 Å². The first-order valence-electron chi connectivity index (χ1n) is 4.13. The summed E-state index contributed by atoms with van der Waals surface area (Å²) >= 11 is 0. The third-order valence-electron chi connectivity index (χ3n) is 1.98. The van der Waals surface area contributed by atoms with Crippen LogP contribution in [-0.4, -0.2) is 9.55 Å². The predicted octanol–water partition coefficient (Wildman–Crippen LogP) is 1.76. The molecule has 2 aromatic rings. The Morgan fingerprint density at radius 3 is 2.46 bits per heavy atom. The highest BCUT2D eigenvalue weighted by atomic mass is 15.1. The Labute approximate surface area is 76.8 Å². The van der Waals surface area contributed by atoms with Crippen molar-refractivity contribution in [3.8, 4) is 5.69 Å². The predicted molar refractivity (Wildman–Crippen MR) is 52.7 cm³/mol. The molecule has 2 rings (SSSR count).